The van der Waals surface area contributed by atoms with Crippen molar-refractivity contribution in [3.05, 3.63) is 130 Å². The molecule has 3 aliphatic carbocycles. The number of benzene rings is 3. The van der Waals surface area contributed by atoms with Crippen LogP contribution in [0.4, 0.5) is 21.6 Å². The maximum atomic E-state index is 15.0. The number of nitrogens with one attached hydrogen (secondary N) is 3. The number of piperidine rings is 1. The molecule has 3 aromatic carbocycles. The summed E-state index contributed by atoms with van der Waals surface area (Å²) in [6.07, 6.45) is 13.5. The maximum Gasteiger partial charge on any atom is 0.279 e. The summed E-state index contributed by atoms with van der Waals surface area (Å²) < 4.78 is 51.7. The number of aromatic nitrogens is 2. The molecule has 1 spiro atoms. The van der Waals surface area contributed by atoms with Gasteiger partial charge >= 0.3 is 0 Å². The number of amides is 1. The van der Waals surface area contributed by atoms with Crippen LogP contribution in [-0.2, 0) is 34.8 Å². The van der Waals surface area contributed by atoms with Crippen LogP contribution in [-0.4, -0.2) is 107 Å². The molecule has 1 amide bonds. The summed E-state index contributed by atoms with van der Waals surface area (Å²) in [6.45, 7) is 10.1. The number of methoxy groups -OCH3 is 2. The Hall–Kier alpha value is -5.99. The summed E-state index contributed by atoms with van der Waals surface area (Å²) >= 11 is -2.25. The number of aryl methyl sites for hydroxylation is 1. The van der Waals surface area contributed by atoms with Gasteiger partial charge in [0.15, 0.2) is 23.0 Å². The summed E-state index contributed by atoms with van der Waals surface area (Å²) in [5.74, 6) is 0.995. The van der Waals surface area contributed by atoms with Gasteiger partial charge in [-0.3, -0.25) is 14.6 Å². The lowest BCUT2D eigenvalue weighted by molar-refractivity contribution is -0.751. The summed E-state index contributed by atoms with van der Waals surface area (Å²) in [5.41, 5.74) is 8.28. The van der Waals surface area contributed by atoms with E-state index in [4.69, 9.17) is 18.5 Å². The van der Waals surface area contributed by atoms with Crippen LogP contribution in [0.1, 0.15) is 109 Å². The first-order valence-electron chi connectivity index (χ1n) is 26.8. The van der Waals surface area contributed by atoms with Crippen molar-refractivity contribution in [2.75, 3.05) is 70.8 Å². The highest BCUT2D eigenvalue weighted by atomic mass is 32.2. The molecule has 3 unspecified atom stereocenters. The number of fused-ring (bicyclic) bond motifs is 1. The van der Waals surface area contributed by atoms with Gasteiger partial charge < -0.3 is 39.8 Å². The summed E-state index contributed by atoms with van der Waals surface area (Å²) in [6, 6.07) is 24.0. The standard InChI is InChI=1S/C58H71FN8O8S/c1-6-40-9-7-8-10-45(40)50-37-65(36-39-17-22-60-54(27-39)73-5)25-26-67(50)43-32-58(33-43)20-23-66(24-21-58)42-12-13-46(51(29-42)74-53-31-47-41(11-14-48(47)59)28-52(53)72-4)56(68)63-75-76(71)44-30-49(64(3)70)55(62-35-44)61-34-38-15-18-57(2,69)19-16-38/h7-10,12-14,17,22,27-31,35,38,43,50,64,69H,6,11,15-16,18-21,23-26,32-34,36-37H2,1-5H3,(H,61,62)(H,63,68)/t38-,50?,57-,76?. The number of carbonyl (C=O) groups excluding carboxylic acids is 1. The largest absolute Gasteiger partial charge is 0.629 e. The number of aliphatic hydroxyl groups is 1. The molecule has 10 rings (SSSR count). The average Bonchev–Trinajstić information content (AvgIpc) is 3.80. The van der Waals surface area contributed by atoms with Crippen LogP contribution in [0.15, 0.2) is 96.2 Å². The minimum atomic E-state index is -2.25. The van der Waals surface area contributed by atoms with Crippen molar-refractivity contribution in [3.63, 3.8) is 0 Å². The lowest BCUT2D eigenvalue weighted by Gasteiger charge is -2.58. The summed E-state index contributed by atoms with van der Waals surface area (Å²) in [7, 11) is 4.58. The Morgan fingerprint density at radius 3 is 2.49 bits per heavy atom. The Morgan fingerprint density at radius 1 is 0.947 bits per heavy atom. The molecule has 5 aromatic rings. The predicted molar refractivity (Wildman–Crippen MR) is 291 cm³/mol. The van der Waals surface area contributed by atoms with E-state index in [1.54, 1.807) is 25.3 Å². The zero-order valence-corrected chi connectivity index (χ0v) is 45.1. The molecule has 2 aromatic heterocycles. The SMILES string of the molecule is CCc1ccccc1C1CN(Cc2ccnc(OC)c2)CCN1C1CC2(CCN(c3ccc(C(=O)NOS(=O)c4cnc(NC[C@H]5CC[C@](C)(O)CC5)c([NH+](C)[O-])c4)c(Oc4cc5c(cc4OC)CC=C5F)c3)CC2)C1. The van der Waals surface area contributed by atoms with Gasteiger partial charge in [-0.15, -0.1) is 0 Å². The van der Waals surface area contributed by atoms with Crippen molar-refractivity contribution < 1.29 is 42.1 Å². The highest BCUT2D eigenvalue weighted by Crippen LogP contribution is 2.53. The number of nitrogens with zero attached hydrogens (tertiary/aromatic N) is 5. The number of rotatable bonds is 18. The predicted octanol–water partition coefficient (Wildman–Crippen LogP) is 8.40. The van der Waals surface area contributed by atoms with Crippen LogP contribution in [0, 0.1) is 16.5 Å². The van der Waals surface area contributed by atoms with E-state index in [-0.39, 0.29) is 50.0 Å². The van der Waals surface area contributed by atoms with Crippen molar-refractivity contribution in [3.8, 4) is 23.1 Å². The van der Waals surface area contributed by atoms with Gasteiger partial charge in [0, 0.05) is 99.7 Å². The van der Waals surface area contributed by atoms with E-state index >= 15 is 4.39 Å². The molecular formula is C58H71FN8O8S. The van der Waals surface area contributed by atoms with Gasteiger partial charge in [0.1, 0.15) is 11.6 Å². The number of pyridine rings is 2. The third-order valence-corrected chi connectivity index (χ3v) is 17.5. The van der Waals surface area contributed by atoms with Gasteiger partial charge in [-0.25, -0.2) is 24.0 Å². The van der Waals surface area contributed by atoms with Gasteiger partial charge in [0.2, 0.25) is 17.0 Å². The average molecular weight is 1060 g/mol. The van der Waals surface area contributed by atoms with E-state index in [1.807, 2.05) is 31.3 Å². The minimum absolute atomic E-state index is 0.0815. The molecule has 0 radical (unpaired) electrons. The third-order valence-electron chi connectivity index (χ3n) is 16.7. The molecule has 4 N–H and O–H groups in total. The zero-order chi connectivity index (χ0) is 53.1. The van der Waals surface area contributed by atoms with E-state index in [0.29, 0.717) is 60.8 Å². The van der Waals surface area contributed by atoms with Crippen LogP contribution in [0.25, 0.3) is 5.83 Å². The molecule has 3 atom stereocenters. The number of hydrogen-bond acceptors (Lipinski definition) is 14. The molecule has 0 bridgehead atoms. The molecule has 404 valence electrons. The second-order valence-corrected chi connectivity index (χ2v) is 22.8. The number of piperazine rings is 1. The lowest BCUT2D eigenvalue weighted by Crippen LogP contribution is -2.98. The fraction of sp³-hybridized carbons (Fsp3) is 0.466. The van der Waals surface area contributed by atoms with E-state index in [0.717, 1.165) is 95.5 Å². The molecule has 16 nitrogen and oxygen atoms in total. The van der Waals surface area contributed by atoms with E-state index in [1.165, 1.54) is 49.2 Å². The Balaban J connectivity index is 0.821. The van der Waals surface area contributed by atoms with Crippen LogP contribution < -0.4 is 35.0 Å². The Bertz CT molecular complexity index is 2950. The Labute approximate surface area is 447 Å². The molecule has 18 heteroatoms. The smallest absolute Gasteiger partial charge is 0.279 e. The molecule has 2 saturated heterocycles. The van der Waals surface area contributed by atoms with Gasteiger partial charge in [0.05, 0.1) is 37.3 Å². The summed E-state index contributed by atoms with van der Waals surface area (Å²) in [4.78, 5) is 30.6. The number of carbonyl (C=O) groups is 1. The van der Waals surface area contributed by atoms with Crippen molar-refractivity contribution >= 4 is 40.0 Å². The maximum absolute atomic E-state index is 15.0. The van der Waals surface area contributed by atoms with E-state index < -0.39 is 22.6 Å². The molecule has 4 heterocycles. The first-order chi connectivity index (χ1) is 36.7. The highest BCUT2D eigenvalue weighted by molar-refractivity contribution is 7.80. The molecule has 5 aliphatic rings. The van der Waals surface area contributed by atoms with Crippen molar-refractivity contribution in [1.29, 1.82) is 0 Å². The quantitative estimate of drug-likeness (QED) is 0.0615. The van der Waals surface area contributed by atoms with Gasteiger partial charge in [-0.1, -0.05) is 31.2 Å². The van der Waals surface area contributed by atoms with Gasteiger partial charge in [-0.2, -0.15) is 4.28 Å². The van der Waals surface area contributed by atoms with Crippen LogP contribution in [0.2, 0.25) is 0 Å². The Kier molecular flexibility index (Phi) is 16.1. The van der Waals surface area contributed by atoms with Gasteiger partial charge in [-0.05, 0) is 141 Å². The Morgan fingerprint density at radius 2 is 1.74 bits per heavy atom. The fourth-order valence-electron chi connectivity index (χ4n) is 12.1. The number of hydrogen-bond donors (Lipinski definition) is 4. The summed E-state index contributed by atoms with van der Waals surface area (Å²) in [5, 5.41) is 26.1. The number of ether oxygens (including phenoxy) is 3. The number of halogens is 1. The monoisotopic (exact) mass is 1060 g/mol. The van der Waals surface area contributed by atoms with Gasteiger partial charge in [0.25, 0.3) is 5.91 Å². The van der Waals surface area contributed by atoms with E-state index in [2.05, 4.69) is 72.7 Å². The van der Waals surface area contributed by atoms with Crippen LogP contribution in [0.5, 0.6) is 23.1 Å². The number of allylic oxidation sites excluding steroid dienone is 1. The second-order valence-electron chi connectivity index (χ2n) is 21.7. The molecular weight excluding hydrogens is 988 g/mol. The lowest BCUT2D eigenvalue weighted by atomic mass is 9.59. The number of hydroxylamine groups is 2. The number of anilines is 2. The normalized spacial score (nSPS) is 22.5. The molecule has 4 fully saturated rings. The third kappa shape index (κ3) is 11.8. The zero-order valence-electron chi connectivity index (χ0n) is 44.2. The minimum Gasteiger partial charge on any atom is -0.629 e. The first-order valence-corrected chi connectivity index (χ1v) is 27.8. The molecule has 2 aliphatic heterocycles. The number of quaternary nitrogens is 1. The van der Waals surface area contributed by atoms with Crippen LogP contribution >= 0.6 is 0 Å². The van der Waals surface area contributed by atoms with Crippen molar-refractivity contribution in [2.24, 2.45) is 11.3 Å². The van der Waals surface area contributed by atoms with Crippen molar-refractivity contribution in [2.45, 2.75) is 107 Å². The van der Waals surface area contributed by atoms with Crippen LogP contribution in [0.3, 0.4) is 0 Å². The second kappa shape index (κ2) is 22.9. The topological polar surface area (TPSA) is 178 Å². The van der Waals surface area contributed by atoms with Crippen molar-refractivity contribution in [1.82, 2.24) is 25.2 Å². The highest BCUT2D eigenvalue weighted by Gasteiger charge is 2.50. The molecule has 76 heavy (non-hydrogen) atoms. The molecule has 2 saturated carbocycles. The fourth-order valence-corrected chi connectivity index (χ4v) is 12.7. The van der Waals surface area contributed by atoms with E-state index in [9.17, 15) is 19.3 Å². The first kappa shape index (κ1) is 53.4.